The Morgan fingerprint density at radius 3 is 2.54 bits per heavy atom. The molecule has 0 spiro atoms. The molecule has 0 saturated carbocycles. The van der Waals surface area contributed by atoms with E-state index in [0.29, 0.717) is 0 Å². The molecule has 1 aromatic rings. The number of hydrogen-bond donors (Lipinski definition) is 0. The minimum Gasteiger partial charge on any atom is -0.258 e. The van der Waals surface area contributed by atoms with Crippen LogP contribution in [0.2, 0.25) is 5.15 Å². The fraction of sp³-hybridized carbons (Fsp3) is 0.167. The van der Waals surface area contributed by atoms with Crippen LogP contribution in [0.1, 0.15) is 12.1 Å². The van der Waals surface area contributed by atoms with Crippen molar-refractivity contribution in [3.05, 3.63) is 33.1 Å². The minimum absolute atomic E-state index is 0.480. The van der Waals surface area contributed by atoms with Gasteiger partial charge in [0.05, 0.1) is 4.92 Å². The first-order valence-electron chi connectivity index (χ1n) is 3.11. The first-order chi connectivity index (χ1) is 6.02. The Kier molecular flexibility index (Phi) is 2.72. The first-order valence-corrected chi connectivity index (χ1v) is 3.49. The van der Waals surface area contributed by atoms with E-state index < -0.39 is 27.9 Å². The zero-order chi connectivity index (χ0) is 10.0. The van der Waals surface area contributed by atoms with Crippen molar-refractivity contribution in [2.75, 3.05) is 0 Å². The van der Waals surface area contributed by atoms with Gasteiger partial charge < -0.3 is 0 Å². The minimum atomic E-state index is -2.78. The van der Waals surface area contributed by atoms with Gasteiger partial charge in [-0.3, -0.25) is 10.1 Å². The fourth-order valence-electron chi connectivity index (χ4n) is 0.699. The Labute approximate surface area is 76.3 Å². The summed E-state index contributed by atoms with van der Waals surface area (Å²) in [4.78, 5) is 12.6. The van der Waals surface area contributed by atoms with Crippen LogP contribution in [0.3, 0.4) is 0 Å². The van der Waals surface area contributed by atoms with Gasteiger partial charge in [0, 0.05) is 6.07 Å². The molecule has 0 N–H and O–H groups in total. The summed E-state index contributed by atoms with van der Waals surface area (Å²) >= 11 is 5.28. The maximum Gasteiger partial charge on any atom is 0.306 e. The van der Waals surface area contributed by atoms with Gasteiger partial charge in [0.1, 0.15) is 5.69 Å². The molecule has 0 aliphatic carbocycles. The highest BCUT2D eigenvalue weighted by Crippen LogP contribution is 2.25. The smallest absolute Gasteiger partial charge is 0.258 e. The van der Waals surface area contributed by atoms with Crippen LogP contribution in [0.15, 0.2) is 12.1 Å². The number of nitrogens with zero attached hydrogens (tertiary/aromatic N) is 2. The molecule has 0 bridgehead atoms. The summed E-state index contributed by atoms with van der Waals surface area (Å²) in [6.45, 7) is 0. The highest BCUT2D eigenvalue weighted by molar-refractivity contribution is 6.31. The number of pyridine rings is 1. The summed E-state index contributed by atoms with van der Waals surface area (Å²) in [5, 5.41) is 9.67. The maximum atomic E-state index is 12.0. The van der Waals surface area contributed by atoms with E-state index in [-0.39, 0.29) is 0 Å². The Bertz CT molecular complexity index is 345. The molecule has 0 radical (unpaired) electrons. The van der Waals surface area contributed by atoms with E-state index in [1.165, 1.54) is 0 Å². The van der Waals surface area contributed by atoms with E-state index >= 15 is 0 Å². The molecular formula is C6H3ClF2N2O2. The summed E-state index contributed by atoms with van der Waals surface area (Å²) < 4.78 is 24.0. The van der Waals surface area contributed by atoms with Crippen LogP contribution in [0.4, 0.5) is 14.5 Å². The number of rotatable bonds is 2. The predicted molar refractivity (Wildman–Crippen MR) is 40.9 cm³/mol. The van der Waals surface area contributed by atoms with Crippen molar-refractivity contribution in [2.24, 2.45) is 0 Å². The molecule has 0 aliphatic heterocycles. The van der Waals surface area contributed by atoms with Gasteiger partial charge in [0.25, 0.3) is 6.43 Å². The summed E-state index contributed by atoms with van der Waals surface area (Å²) in [7, 11) is 0. The van der Waals surface area contributed by atoms with Gasteiger partial charge in [-0.25, -0.2) is 13.8 Å². The third-order valence-corrected chi connectivity index (χ3v) is 1.55. The molecule has 0 fully saturated rings. The second-order valence-electron chi connectivity index (χ2n) is 2.10. The predicted octanol–water partition coefficient (Wildman–Crippen LogP) is 2.58. The molecule has 4 nitrogen and oxygen atoms in total. The third kappa shape index (κ3) is 2.09. The van der Waals surface area contributed by atoms with E-state index in [2.05, 4.69) is 4.98 Å². The fourth-order valence-corrected chi connectivity index (χ4v) is 0.928. The number of halogens is 3. The van der Waals surface area contributed by atoms with Crippen molar-refractivity contribution < 1.29 is 13.7 Å². The van der Waals surface area contributed by atoms with Crippen molar-refractivity contribution in [3.8, 4) is 0 Å². The van der Waals surface area contributed by atoms with E-state index in [1.807, 2.05) is 0 Å². The lowest BCUT2D eigenvalue weighted by Gasteiger charge is -1.98. The third-order valence-electron chi connectivity index (χ3n) is 1.27. The molecule has 1 heterocycles. The van der Waals surface area contributed by atoms with Crippen LogP contribution in [0.25, 0.3) is 0 Å². The Hall–Kier alpha value is -1.30. The molecule has 0 unspecified atom stereocenters. The van der Waals surface area contributed by atoms with E-state index in [4.69, 9.17) is 11.6 Å². The van der Waals surface area contributed by atoms with Crippen LogP contribution in [0.5, 0.6) is 0 Å². The Balaban J connectivity index is 3.13. The number of hydrogen-bond acceptors (Lipinski definition) is 3. The highest BCUT2D eigenvalue weighted by Gasteiger charge is 2.17. The molecule has 7 heteroatoms. The van der Waals surface area contributed by atoms with E-state index in [1.54, 1.807) is 0 Å². The summed E-state index contributed by atoms with van der Waals surface area (Å²) in [6, 6.07) is 1.77. The van der Waals surface area contributed by atoms with E-state index in [0.717, 1.165) is 12.1 Å². The summed E-state index contributed by atoms with van der Waals surface area (Å²) in [5.74, 6) is 0. The van der Waals surface area contributed by atoms with Crippen LogP contribution < -0.4 is 0 Å². The Morgan fingerprint density at radius 2 is 2.15 bits per heavy atom. The lowest BCUT2D eigenvalue weighted by atomic mass is 10.3. The molecule has 70 valence electrons. The zero-order valence-corrected chi connectivity index (χ0v) is 6.83. The van der Waals surface area contributed by atoms with Gasteiger partial charge in [-0.2, -0.15) is 0 Å². The van der Waals surface area contributed by atoms with Gasteiger partial charge in [0.2, 0.25) is 5.15 Å². The van der Waals surface area contributed by atoms with Crippen molar-refractivity contribution in [1.82, 2.24) is 4.98 Å². The van der Waals surface area contributed by atoms with Crippen LogP contribution in [-0.2, 0) is 0 Å². The maximum absolute atomic E-state index is 12.0. The first kappa shape index (κ1) is 9.79. The topological polar surface area (TPSA) is 56.0 Å². The lowest BCUT2D eigenvalue weighted by Crippen LogP contribution is -1.95. The molecular weight excluding hydrogens is 206 g/mol. The van der Waals surface area contributed by atoms with Crippen molar-refractivity contribution in [3.63, 3.8) is 0 Å². The average molecular weight is 209 g/mol. The van der Waals surface area contributed by atoms with Gasteiger partial charge in [-0.1, -0.05) is 11.6 Å². The zero-order valence-electron chi connectivity index (χ0n) is 6.08. The highest BCUT2D eigenvalue weighted by atomic mass is 35.5. The lowest BCUT2D eigenvalue weighted by molar-refractivity contribution is -0.385. The van der Waals surface area contributed by atoms with Crippen LogP contribution in [0, 0.1) is 10.1 Å². The summed E-state index contributed by atoms with van der Waals surface area (Å²) in [5.41, 5.74) is -1.05. The van der Waals surface area contributed by atoms with E-state index in [9.17, 15) is 18.9 Å². The van der Waals surface area contributed by atoms with Crippen LogP contribution >= 0.6 is 11.6 Å². The van der Waals surface area contributed by atoms with Gasteiger partial charge in [-0.15, -0.1) is 0 Å². The summed E-state index contributed by atoms with van der Waals surface area (Å²) in [6.07, 6.45) is -2.78. The number of aromatic nitrogens is 1. The SMILES string of the molecule is O=[N+]([O-])c1ccc(C(F)F)nc1Cl. The molecule has 0 aromatic carbocycles. The van der Waals surface area contributed by atoms with Crippen molar-refractivity contribution >= 4 is 17.3 Å². The van der Waals surface area contributed by atoms with Gasteiger partial charge in [-0.05, 0) is 6.07 Å². The molecule has 0 saturated heterocycles. The molecule has 0 amide bonds. The second-order valence-corrected chi connectivity index (χ2v) is 2.46. The van der Waals surface area contributed by atoms with Crippen molar-refractivity contribution in [2.45, 2.75) is 6.43 Å². The molecule has 13 heavy (non-hydrogen) atoms. The second kappa shape index (κ2) is 3.61. The molecule has 0 atom stereocenters. The largest absolute Gasteiger partial charge is 0.306 e. The van der Waals surface area contributed by atoms with Gasteiger partial charge in [0.15, 0.2) is 0 Å². The number of nitro groups is 1. The quantitative estimate of drug-likeness (QED) is 0.426. The van der Waals surface area contributed by atoms with Crippen LogP contribution in [-0.4, -0.2) is 9.91 Å². The Morgan fingerprint density at radius 1 is 1.54 bits per heavy atom. The molecule has 1 aromatic heterocycles. The monoisotopic (exact) mass is 208 g/mol. The normalized spacial score (nSPS) is 10.5. The molecule has 1 rings (SSSR count). The van der Waals surface area contributed by atoms with Gasteiger partial charge >= 0.3 is 5.69 Å². The standard InChI is InChI=1S/C6H3ClF2N2O2/c7-5-4(11(12)13)2-1-3(10-5)6(8)9/h1-2,6H. The molecule has 0 aliphatic rings. The number of alkyl halides is 2. The average Bonchev–Trinajstić information content (AvgIpc) is 2.03. The van der Waals surface area contributed by atoms with Crippen molar-refractivity contribution in [1.29, 1.82) is 0 Å².